The monoisotopic (exact) mass is 348 g/mol. The molecule has 24 heavy (non-hydrogen) atoms. The van der Waals surface area contributed by atoms with Crippen LogP contribution in [0.1, 0.15) is 10.4 Å². The number of carbonyl (C=O) groups is 2. The van der Waals surface area contributed by atoms with Crippen molar-refractivity contribution < 1.29 is 18.7 Å². The summed E-state index contributed by atoms with van der Waals surface area (Å²) in [6, 6.07) is 12.1. The molecule has 0 bridgehead atoms. The van der Waals surface area contributed by atoms with Crippen LogP contribution < -0.4 is 10.2 Å². The van der Waals surface area contributed by atoms with Crippen molar-refractivity contribution in [3.05, 3.63) is 64.9 Å². The van der Waals surface area contributed by atoms with Gasteiger partial charge < -0.3 is 10.1 Å². The van der Waals surface area contributed by atoms with E-state index in [9.17, 15) is 14.0 Å². The Morgan fingerprint density at radius 3 is 2.75 bits per heavy atom. The second kappa shape index (κ2) is 6.88. The van der Waals surface area contributed by atoms with Crippen LogP contribution in [0.15, 0.2) is 48.5 Å². The molecule has 3 rings (SSSR count). The maximum absolute atomic E-state index is 13.0. The van der Waals surface area contributed by atoms with Crippen LogP contribution in [0.3, 0.4) is 0 Å². The molecule has 0 saturated carbocycles. The van der Waals surface area contributed by atoms with Crippen LogP contribution in [0.5, 0.6) is 0 Å². The van der Waals surface area contributed by atoms with E-state index in [-0.39, 0.29) is 24.8 Å². The predicted molar refractivity (Wildman–Crippen MR) is 87.8 cm³/mol. The van der Waals surface area contributed by atoms with Crippen LogP contribution in [0.2, 0.25) is 5.02 Å². The highest BCUT2D eigenvalue weighted by Crippen LogP contribution is 2.21. The van der Waals surface area contributed by atoms with Gasteiger partial charge in [-0.3, -0.25) is 9.69 Å². The smallest absolute Gasteiger partial charge is 0.414 e. The van der Waals surface area contributed by atoms with Crippen molar-refractivity contribution in [3.8, 4) is 0 Å². The number of anilines is 1. The fourth-order valence-corrected chi connectivity index (χ4v) is 2.59. The van der Waals surface area contributed by atoms with Crippen molar-refractivity contribution in [1.82, 2.24) is 5.32 Å². The topological polar surface area (TPSA) is 58.6 Å². The van der Waals surface area contributed by atoms with E-state index in [1.54, 1.807) is 24.3 Å². The van der Waals surface area contributed by atoms with Crippen LogP contribution in [0.25, 0.3) is 0 Å². The molecule has 0 aliphatic carbocycles. The van der Waals surface area contributed by atoms with Gasteiger partial charge >= 0.3 is 6.09 Å². The van der Waals surface area contributed by atoms with Gasteiger partial charge in [-0.15, -0.1) is 0 Å². The molecule has 2 amide bonds. The third-order valence-corrected chi connectivity index (χ3v) is 3.82. The molecule has 2 aromatic carbocycles. The van der Waals surface area contributed by atoms with E-state index in [4.69, 9.17) is 16.3 Å². The number of amides is 2. The number of rotatable bonds is 4. The molecule has 0 aromatic heterocycles. The summed E-state index contributed by atoms with van der Waals surface area (Å²) in [5, 5.41) is 3.18. The lowest BCUT2D eigenvalue weighted by molar-refractivity contribution is 0.0916. The van der Waals surface area contributed by atoms with Gasteiger partial charge in [-0.1, -0.05) is 17.7 Å². The zero-order chi connectivity index (χ0) is 17.1. The predicted octanol–water partition coefficient (Wildman–Crippen LogP) is 3.23. The number of nitrogens with zero attached hydrogens (tertiary/aromatic N) is 1. The van der Waals surface area contributed by atoms with Gasteiger partial charge in [0.1, 0.15) is 11.9 Å². The van der Waals surface area contributed by atoms with E-state index in [0.717, 1.165) is 0 Å². The summed E-state index contributed by atoms with van der Waals surface area (Å²) in [5.74, 6) is -0.676. The molecule has 0 spiro atoms. The Hall–Kier alpha value is -2.60. The summed E-state index contributed by atoms with van der Waals surface area (Å²) in [6.45, 7) is 0.453. The zero-order valence-electron chi connectivity index (χ0n) is 12.5. The zero-order valence-corrected chi connectivity index (χ0v) is 13.3. The van der Waals surface area contributed by atoms with E-state index in [0.29, 0.717) is 16.3 Å². The average molecular weight is 349 g/mol. The summed E-state index contributed by atoms with van der Waals surface area (Å²) in [4.78, 5) is 25.4. The van der Waals surface area contributed by atoms with E-state index in [1.807, 2.05) is 0 Å². The van der Waals surface area contributed by atoms with Gasteiger partial charge in [0, 0.05) is 16.3 Å². The lowest BCUT2D eigenvalue weighted by Crippen LogP contribution is -2.34. The fraction of sp³-hybridized carbons (Fsp3) is 0.176. The number of carbonyl (C=O) groups excluding carboxylic acids is 2. The number of hydrogen-bond acceptors (Lipinski definition) is 3. The maximum atomic E-state index is 13.0. The van der Waals surface area contributed by atoms with Crippen LogP contribution in [-0.2, 0) is 4.74 Å². The molecule has 1 unspecified atom stereocenters. The minimum atomic E-state index is -0.524. The highest BCUT2D eigenvalue weighted by atomic mass is 35.5. The van der Waals surface area contributed by atoms with Gasteiger partial charge in [0.05, 0.1) is 13.1 Å². The standard InChI is InChI=1S/C17H14ClFN2O3/c18-12-3-1-2-11(8-12)16(22)20-9-15-10-21(17(23)24-15)14-6-4-13(19)5-7-14/h1-8,15H,9-10H2,(H,20,22). The normalized spacial score (nSPS) is 16.8. The van der Waals surface area contributed by atoms with Gasteiger partial charge in [-0.25, -0.2) is 9.18 Å². The van der Waals surface area contributed by atoms with Crippen molar-refractivity contribution >= 4 is 29.3 Å². The van der Waals surface area contributed by atoms with E-state index < -0.39 is 12.2 Å². The largest absolute Gasteiger partial charge is 0.442 e. The fourth-order valence-electron chi connectivity index (χ4n) is 2.40. The molecular formula is C17H14ClFN2O3. The van der Waals surface area contributed by atoms with E-state index >= 15 is 0 Å². The lowest BCUT2D eigenvalue weighted by Gasteiger charge is -2.13. The highest BCUT2D eigenvalue weighted by Gasteiger charge is 2.32. The molecule has 2 aromatic rings. The van der Waals surface area contributed by atoms with Gasteiger partial charge in [0.25, 0.3) is 5.91 Å². The number of ether oxygens (including phenoxy) is 1. The Balaban J connectivity index is 1.58. The Morgan fingerprint density at radius 1 is 1.29 bits per heavy atom. The molecule has 7 heteroatoms. The first kappa shape index (κ1) is 16.3. The molecule has 1 heterocycles. The van der Waals surface area contributed by atoms with Crippen LogP contribution >= 0.6 is 11.6 Å². The first-order valence-corrected chi connectivity index (χ1v) is 7.68. The van der Waals surface area contributed by atoms with Gasteiger partial charge in [-0.2, -0.15) is 0 Å². The van der Waals surface area contributed by atoms with Crippen molar-refractivity contribution in [1.29, 1.82) is 0 Å². The molecule has 1 N–H and O–H groups in total. The minimum Gasteiger partial charge on any atom is -0.442 e. The molecule has 1 saturated heterocycles. The Morgan fingerprint density at radius 2 is 2.04 bits per heavy atom. The lowest BCUT2D eigenvalue weighted by atomic mass is 10.2. The van der Waals surface area contributed by atoms with Crippen molar-refractivity contribution in [2.45, 2.75) is 6.10 Å². The highest BCUT2D eigenvalue weighted by molar-refractivity contribution is 6.30. The SMILES string of the molecule is O=C(NCC1CN(c2ccc(F)cc2)C(=O)O1)c1cccc(Cl)c1. The molecule has 1 aliphatic rings. The second-order valence-corrected chi connectivity index (χ2v) is 5.75. The number of halogens is 2. The van der Waals surface area contributed by atoms with Crippen LogP contribution in [-0.4, -0.2) is 31.2 Å². The molecule has 1 atom stereocenters. The first-order valence-electron chi connectivity index (χ1n) is 7.30. The van der Waals surface area contributed by atoms with Gasteiger partial charge in [-0.05, 0) is 42.5 Å². The number of hydrogen-bond donors (Lipinski definition) is 1. The van der Waals surface area contributed by atoms with E-state index in [2.05, 4.69) is 5.32 Å². The molecule has 124 valence electrons. The van der Waals surface area contributed by atoms with Gasteiger partial charge in [0.15, 0.2) is 0 Å². The average Bonchev–Trinajstić information content (AvgIpc) is 2.94. The minimum absolute atomic E-state index is 0.175. The maximum Gasteiger partial charge on any atom is 0.414 e. The third kappa shape index (κ3) is 3.65. The van der Waals surface area contributed by atoms with E-state index in [1.165, 1.54) is 29.2 Å². The quantitative estimate of drug-likeness (QED) is 0.922. The second-order valence-electron chi connectivity index (χ2n) is 5.31. The molecule has 1 fully saturated rings. The molecule has 5 nitrogen and oxygen atoms in total. The number of cyclic esters (lactones) is 1. The summed E-state index contributed by atoms with van der Waals surface area (Å²) in [5.41, 5.74) is 0.979. The van der Waals surface area contributed by atoms with Crippen molar-refractivity contribution in [3.63, 3.8) is 0 Å². The Bertz CT molecular complexity index is 767. The Kier molecular flexibility index (Phi) is 4.66. The molecular weight excluding hydrogens is 335 g/mol. The summed E-state index contributed by atoms with van der Waals surface area (Å²) in [7, 11) is 0. The van der Waals surface area contributed by atoms with Crippen LogP contribution in [0.4, 0.5) is 14.9 Å². The first-order chi connectivity index (χ1) is 11.5. The summed E-state index contributed by atoms with van der Waals surface area (Å²) in [6.07, 6.45) is -1.01. The molecule has 0 radical (unpaired) electrons. The van der Waals surface area contributed by atoms with Crippen LogP contribution in [0, 0.1) is 5.82 Å². The molecule has 1 aliphatic heterocycles. The van der Waals surface area contributed by atoms with Gasteiger partial charge in [0.2, 0.25) is 0 Å². The Labute approximate surface area is 143 Å². The third-order valence-electron chi connectivity index (χ3n) is 3.59. The van der Waals surface area contributed by atoms with Crippen molar-refractivity contribution in [2.24, 2.45) is 0 Å². The number of benzene rings is 2. The number of nitrogens with one attached hydrogen (secondary N) is 1. The summed E-state index contributed by atoms with van der Waals surface area (Å²) >= 11 is 5.85. The summed E-state index contributed by atoms with van der Waals surface area (Å²) < 4.78 is 18.2. The van der Waals surface area contributed by atoms with Crippen molar-refractivity contribution in [2.75, 3.05) is 18.0 Å².